The topological polar surface area (TPSA) is 86.5 Å². The molecular weight excluding hydrogens is 289 g/mol. The Bertz CT molecular complexity index is 675. The first-order valence-electron chi connectivity index (χ1n) is 6.80. The monoisotopic (exact) mass is 303 g/mol. The SMILES string of the molecule is O=C(O)c1cnc(N2CC(O)CC2c2ccc(F)cc2)cn1. The maximum absolute atomic E-state index is 13.0. The second-order valence-corrected chi connectivity index (χ2v) is 5.17. The largest absolute Gasteiger partial charge is 0.476 e. The van der Waals surface area contributed by atoms with Gasteiger partial charge in [-0.1, -0.05) is 12.1 Å². The molecule has 1 saturated heterocycles. The molecule has 1 aromatic heterocycles. The fraction of sp³-hybridized carbons (Fsp3) is 0.267. The van der Waals surface area contributed by atoms with Crippen molar-refractivity contribution in [2.75, 3.05) is 11.4 Å². The van der Waals surface area contributed by atoms with Gasteiger partial charge in [-0.05, 0) is 24.1 Å². The number of aromatic carboxylic acids is 1. The minimum Gasteiger partial charge on any atom is -0.476 e. The smallest absolute Gasteiger partial charge is 0.356 e. The normalized spacial score (nSPS) is 21.1. The van der Waals surface area contributed by atoms with E-state index in [9.17, 15) is 14.3 Å². The van der Waals surface area contributed by atoms with Crippen LogP contribution in [0.25, 0.3) is 0 Å². The molecule has 0 spiro atoms. The van der Waals surface area contributed by atoms with E-state index in [1.165, 1.54) is 24.5 Å². The van der Waals surface area contributed by atoms with Crippen molar-refractivity contribution in [3.8, 4) is 0 Å². The fourth-order valence-electron chi connectivity index (χ4n) is 2.65. The standard InChI is InChI=1S/C15H14FN3O3/c16-10-3-1-9(2-4-10)13-5-11(20)8-19(13)14-7-17-12(6-18-14)15(21)22/h1-4,6-7,11,13,20H,5,8H2,(H,21,22). The number of rotatable bonds is 3. The van der Waals surface area contributed by atoms with Gasteiger partial charge in [0.25, 0.3) is 0 Å². The van der Waals surface area contributed by atoms with Crippen LogP contribution in [-0.4, -0.2) is 38.8 Å². The summed E-state index contributed by atoms with van der Waals surface area (Å²) >= 11 is 0. The zero-order chi connectivity index (χ0) is 15.7. The van der Waals surface area contributed by atoms with Gasteiger partial charge < -0.3 is 15.1 Å². The average molecular weight is 303 g/mol. The Labute approximate surface area is 125 Å². The highest BCUT2D eigenvalue weighted by Crippen LogP contribution is 2.35. The highest BCUT2D eigenvalue weighted by atomic mass is 19.1. The number of aliphatic hydroxyl groups excluding tert-OH is 1. The van der Waals surface area contributed by atoms with Gasteiger partial charge in [-0.2, -0.15) is 0 Å². The number of anilines is 1. The molecule has 0 amide bonds. The van der Waals surface area contributed by atoms with E-state index in [0.29, 0.717) is 18.8 Å². The van der Waals surface area contributed by atoms with Gasteiger partial charge in [-0.25, -0.2) is 19.2 Å². The Hall–Kier alpha value is -2.54. The minimum atomic E-state index is -1.14. The van der Waals surface area contributed by atoms with Crippen LogP contribution < -0.4 is 4.90 Å². The number of benzene rings is 1. The molecule has 2 aromatic rings. The van der Waals surface area contributed by atoms with Crippen molar-refractivity contribution >= 4 is 11.8 Å². The van der Waals surface area contributed by atoms with Gasteiger partial charge >= 0.3 is 5.97 Å². The second-order valence-electron chi connectivity index (χ2n) is 5.17. The molecule has 22 heavy (non-hydrogen) atoms. The van der Waals surface area contributed by atoms with Crippen LogP contribution in [0.5, 0.6) is 0 Å². The van der Waals surface area contributed by atoms with Gasteiger partial charge in [0.1, 0.15) is 11.6 Å². The first-order valence-corrected chi connectivity index (χ1v) is 6.80. The first-order chi connectivity index (χ1) is 10.5. The van der Waals surface area contributed by atoms with Crippen LogP contribution in [-0.2, 0) is 0 Å². The van der Waals surface area contributed by atoms with E-state index in [2.05, 4.69) is 9.97 Å². The summed E-state index contributed by atoms with van der Waals surface area (Å²) in [6.07, 6.45) is 2.52. The molecule has 1 aromatic carbocycles. The summed E-state index contributed by atoms with van der Waals surface area (Å²) in [6.45, 7) is 0.364. The lowest BCUT2D eigenvalue weighted by atomic mass is 10.0. The average Bonchev–Trinajstić information content (AvgIpc) is 2.90. The summed E-state index contributed by atoms with van der Waals surface area (Å²) in [6, 6.07) is 5.93. The van der Waals surface area contributed by atoms with E-state index in [1.54, 1.807) is 12.1 Å². The van der Waals surface area contributed by atoms with Crippen molar-refractivity contribution < 1.29 is 19.4 Å². The molecule has 3 rings (SSSR count). The number of hydrogen-bond acceptors (Lipinski definition) is 5. The number of aliphatic hydroxyl groups is 1. The van der Waals surface area contributed by atoms with E-state index in [-0.39, 0.29) is 17.6 Å². The maximum Gasteiger partial charge on any atom is 0.356 e. The van der Waals surface area contributed by atoms with Gasteiger partial charge in [0.2, 0.25) is 0 Å². The molecular formula is C15H14FN3O3. The number of hydrogen-bond donors (Lipinski definition) is 2. The number of aromatic nitrogens is 2. The summed E-state index contributed by atoms with van der Waals surface area (Å²) in [7, 11) is 0. The summed E-state index contributed by atoms with van der Waals surface area (Å²) in [5.41, 5.74) is 0.726. The molecule has 0 bridgehead atoms. The highest BCUT2D eigenvalue weighted by molar-refractivity contribution is 5.84. The van der Waals surface area contributed by atoms with Crippen molar-refractivity contribution in [2.45, 2.75) is 18.6 Å². The van der Waals surface area contributed by atoms with Crippen molar-refractivity contribution in [3.63, 3.8) is 0 Å². The van der Waals surface area contributed by atoms with Gasteiger partial charge in [-0.3, -0.25) is 0 Å². The van der Waals surface area contributed by atoms with Crippen LogP contribution in [0.2, 0.25) is 0 Å². The molecule has 2 unspecified atom stereocenters. The van der Waals surface area contributed by atoms with Gasteiger partial charge in [0.15, 0.2) is 5.69 Å². The van der Waals surface area contributed by atoms with Crippen molar-refractivity contribution in [2.24, 2.45) is 0 Å². The van der Waals surface area contributed by atoms with Crippen LogP contribution in [0.1, 0.15) is 28.5 Å². The number of nitrogens with zero attached hydrogens (tertiary/aromatic N) is 3. The molecule has 0 aliphatic carbocycles. The van der Waals surface area contributed by atoms with E-state index in [0.717, 1.165) is 5.56 Å². The third-order valence-electron chi connectivity index (χ3n) is 3.69. The zero-order valence-electron chi connectivity index (χ0n) is 11.6. The third-order valence-corrected chi connectivity index (χ3v) is 3.69. The molecule has 6 nitrogen and oxygen atoms in total. The minimum absolute atomic E-state index is 0.137. The number of halogens is 1. The first kappa shape index (κ1) is 14.4. The van der Waals surface area contributed by atoms with Crippen molar-refractivity contribution in [1.82, 2.24) is 9.97 Å². The Morgan fingerprint density at radius 2 is 1.95 bits per heavy atom. The highest BCUT2D eigenvalue weighted by Gasteiger charge is 2.33. The molecule has 0 saturated carbocycles. The Kier molecular flexibility index (Phi) is 3.72. The molecule has 0 radical (unpaired) electrons. The summed E-state index contributed by atoms with van der Waals surface area (Å²) < 4.78 is 13.0. The quantitative estimate of drug-likeness (QED) is 0.896. The Balaban J connectivity index is 1.90. The van der Waals surface area contributed by atoms with Crippen LogP contribution in [0.3, 0.4) is 0 Å². The van der Waals surface area contributed by atoms with Gasteiger partial charge in [0, 0.05) is 6.54 Å². The lowest BCUT2D eigenvalue weighted by molar-refractivity contribution is 0.0690. The molecule has 114 valence electrons. The van der Waals surface area contributed by atoms with Crippen molar-refractivity contribution in [1.29, 1.82) is 0 Å². The van der Waals surface area contributed by atoms with Crippen LogP contribution in [0.15, 0.2) is 36.7 Å². The number of β-amino-alcohol motifs (C(OH)–C–C–N with tert-alkyl or cyclic N) is 1. The maximum atomic E-state index is 13.0. The van der Waals surface area contributed by atoms with Gasteiger partial charge in [-0.15, -0.1) is 0 Å². The fourth-order valence-corrected chi connectivity index (χ4v) is 2.65. The summed E-state index contributed by atoms with van der Waals surface area (Å²) in [4.78, 5) is 20.6. The molecule has 2 N–H and O–H groups in total. The summed E-state index contributed by atoms with van der Waals surface area (Å²) in [5.74, 6) is -0.981. The molecule has 1 fully saturated rings. The van der Waals surface area contributed by atoms with Crippen molar-refractivity contribution in [3.05, 3.63) is 53.7 Å². The zero-order valence-corrected chi connectivity index (χ0v) is 11.6. The molecule has 2 heterocycles. The lowest BCUT2D eigenvalue weighted by Crippen LogP contribution is -2.25. The van der Waals surface area contributed by atoms with Gasteiger partial charge in [0.05, 0.1) is 24.5 Å². The van der Waals surface area contributed by atoms with Crippen LogP contribution >= 0.6 is 0 Å². The summed E-state index contributed by atoms with van der Waals surface area (Å²) in [5, 5.41) is 18.8. The Morgan fingerprint density at radius 3 is 2.55 bits per heavy atom. The van der Waals surface area contributed by atoms with Crippen LogP contribution in [0, 0.1) is 5.82 Å². The number of carboxylic acid groups (broad SMARTS) is 1. The molecule has 1 aliphatic heterocycles. The predicted molar refractivity (Wildman–Crippen MR) is 76.1 cm³/mol. The number of carbonyl (C=O) groups is 1. The van der Waals surface area contributed by atoms with E-state index in [1.807, 2.05) is 4.90 Å². The third kappa shape index (κ3) is 2.75. The lowest BCUT2D eigenvalue weighted by Gasteiger charge is -2.25. The number of carboxylic acids is 1. The Morgan fingerprint density at radius 1 is 1.23 bits per heavy atom. The molecule has 2 atom stereocenters. The predicted octanol–water partition coefficient (Wildman–Crippen LogP) is 1.63. The van der Waals surface area contributed by atoms with E-state index in [4.69, 9.17) is 5.11 Å². The molecule has 7 heteroatoms. The van der Waals surface area contributed by atoms with Crippen LogP contribution in [0.4, 0.5) is 10.2 Å². The van der Waals surface area contributed by atoms with E-state index >= 15 is 0 Å². The molecule has 1 aliphatic rings. The second kappa shape index (κ2) is 5.69. The van der Waals surface area contributed by atoms with E-state index < -0.39 is 12.1 Å².